The van der Waals surface area contributed by atoms with Crippen molar-refractivity contribution in [2.75, 3.05) is 26.6 Å². The number of fused-ring (bicyclic) bond motifs is 3. The fourth-order valence-electron chi connectivity index (χ4n) is 4.95. The van der Waals surface area contributed by atoms with Crippen LogP contribution in [0.4, 0.5) is 5.69 Å². The van der Waals surface area contributed by atoms with Crippen molar-refractivity contribution in [3.05, 3.63) is 45.6 Å². The second kappa shape index (κ2) is 11.1. The third kappa shape index (κ3) is 5.00. The minimum absolute atomic E-state index is 0.0368. The number of methoxy groups -OCH3 is 2. The van der Waals surface area contributed by atoms with Crippen LogP contribution in [0.15, 0.2) is 29.1 Å². The normalized spacial score (nSPS) is 26.4. The van der Waals surface area contributed by atoms with E-state index in [1.165, 1.54) is 33.3 Å². The highest BCUT2D eigenvalue weighted by Gasteiger charge is 2.45. The zero-order valence-corrected chi connectivity index (χ0v) is 21.2. The van der Waals surface area contributed by atoms with Crippen LogP contribution in [0.3, 0.4) is 0 Å². The number of anilines is 1. The van der Waals surface area contributed by atoms with Crippen LogP contribution in [-0.2, 0) is 16.0 Å². The molecular formula is C26H32N2O10. The van der Waals surface area contributed by atoms with Crippen LogP contribution in [0.1, 0.15) is 30.5 Å². The number of aliphatic hydroxyl groups excluding tert-OH is 4. The number of aryl methyl sites for hydroxylation is 1. The Morgan fingerprint density at radius 3 is 2.45 bits per heavy atom. The van der Waals surface area contributed by atoms with Crippen LogP contribution in [-0.4, -0.2) is 77.9 Å². The predicted molar refractivity (Wildman–Crippen MR) is 135 cm³/mol. The van der Waals surface area contributed by atoms with E-state index in [1.54, 1.807) is 12.1 Å². The minimum atomic E-state index is -1.63. The molecular weight excluding hydrogens is 500 g/mol. The lowest BCUT2D eigenvalue weighted by Gasteiger charge is -2.39. The van der Waals surface area contributed by atoms with Gasteiger partial charge in [-0.3, -0.25) is 9.59 Å². The van der Waals surface area contributed by atoms with Gasteiger partial charge in [0, 0.05) is 12.5 Å². The Bertz CT molecular complexity index is 1270. The molecule has 2 aromatic rings. The summed E-state index contributed by atoms with van der Waals surface area (Å²) < 4.78 is 22.8. The lowest BCUT2D eigenvalue weighted by Crippen LogP contribution is -2.60. The van der Waals surface area contributed by atoms with Crippen LogP contribution >= 0.6 is 0 Å². The van der Waals surface area contributed by atoms with Crippen molar-refractivity contribution in [1.29, 1.82) is 0 Å². The number of carbonyl (C=O) groups excluding carboxylic acids is 1. The first-order valence-corrected chi connectivity index (χ1v) is 12.1. The Balaban J connectivity index is 1.88. The number of carbonyl (C=O) groups is 1. The van der Waals surface area contributed by atoms with Gasteiger partial charge in [0.2, 0.25) is 23.4 Å². The van der Waals surface area contributed by atoms with E-state index in [9.17, 15) is 30.0 Å². The topological polar surface area (TPSA) is 190 Å². The van der Waals surface area contributed by atoms with Crippen LogP contribution < -0.4 is 30.7 Å². The number of benzene rings is 1. The second-order valence-corrected chi connectivity index (χ2v) is 9.25. The number of amides is 1. The molecule has 1 saturated heterocycles. The summed E-state index contributed by atoms with van der Waals surface area (Å²) in [6.07, 6.45) is -6.57. The molecule has 12 nitrogen and oxygen atoms in total. The first-order chi connectivity index (χ1) is 18.1. The van der Waals surface area contributed by atoms with Gasteiger partial charge in [0.25, 0.3) is 0 Å². The van der Waals surface area contributed by atoms with Gasteiger partial charge in [-0.05, 0) is 47.7 Å². The Morgan fingerprint density at radius 2 is 1.82 bits per heavy atom. The van der Waals surface area contributed by atoms with Gasteiger partial charge in [-0.15, -0.1) is 0 Å². The number of nitrogen functional groups attached to an aromatic ring is 1. The summed E-state index contributed by atoms with van der Waals surface area (Å²) in [5, 5.41) is 43.2. The third-order valence-electron chi connectivity index (χ3n) is 6.82. The smallest absolute Gasteiger partial charge is 0.229 e. The largest absolute Gasteiger partial charge is 0.492 e. The molecule has 2 aromatic carbocycles. The summed E-state index contributed by atoms with van der Waals surface area (Å²) in [5.74, 6) is 0.229. The fourth-order valence-corrected chi connectivity index (χ4v) is 4.95. The molecule has 6 unspecified atom stereocenters. The van der Waals surface area contributed by atoms with Gasteiger partial charge >= 0.3 is 0 Å². The highest BCUT2D eigenvalue weighted by Crippen LogP contribution is 2.50. The van der Waals surface area contributed by atoms with Crippen LogP contribution in [0.25, 0.3) is 11.1 Å². The number of nitrogens with one attached hydrogen (secondary N) is 1. The van der Waals surface area contributed by atoms with Crippen molar-refractivity contribution in [3.8, 4) is 28.4 Å². The second-order valence-electron chi connectivity index (χ2n) is 9.25. The average molecular weight is 533 g/mol. The Morgan fingerprint density at radius 1 is 1.11 bits per heavy atom. The molecule has 1 aliphatic carbocycles. The lowest BCUT2D eigenvalue weighted by molar-refractivity contribution is -0.277. The summed E-state index contributed by atoms with van der Waals surface area (Å²) >= 11 is 0. The molecule has 206 valence electrons. The summed E-state index contributed by atoms with van der Waals surface area (Å²) in [4.78, 5) is 24.6. The first-order valence-electron chi connectivity index (χ1n) is 12.1. The molecule has 1 amide bonds. The number of rotatable bonds is 6. The molecule has 12 heteroatoms. The summed E-state index contributed by atoms with van der Waals surface area (Å²) in [5.41, 5.74) is 8.03. The number of aliphatic hydroxyl groups is 4. The fraction of sp³-hybridized carbons (Fsp3) is 0.462. The molecule has 1 aliphatic heterocycles. The number of ether oxygens (including phenoxy) is 4. The van der Waals surface area contributed by atoms with E-state index in [0.717, 1.165) is 0 Å². The molecule has 2 aliphatic rings. The Labute approximate surface area is 218 Å². The maximum absolute atomic E-state index is 12.6. The molecule has 0 saturated carbocycles. The Kier molecular flexibility index (Phi) is 8.09. The highest BCUT2D eigenvalue weighted by atomic mass is 16.7. The van der Waals surface area contributed by atoms with Crippen LogP contribution in [0.2, 0.25) is 0 Å². The van der Waals surface area contributed by atoms with E-state index >= 15 is 0 Å². The van der Waals surface area contributed by atoms with E-state index < -0.39 is 48.8 Å². The van der Waals surface area contributed by atoms with E-state index in [1.807, 2.05) is 0 Å². The van der Waals surface area contributed by atoms with Crippen molar-refractivity contribution in [2.45, 2.75) is 56.5 Å². The van der Waals surface area contributed by atoms with Gasteiger partial charge in [-0.25, -0.2) is 0 Å². The number of nitrogens with two attached hydrogens (primary N) is 1. The minimum Gasteiger partial charge on any atom is -0.492 e. The Hall–Kier alpha value is -3.42. The van der Waals surface area contributed by atoms with E-state index in [0.29, 0.717) is 35.1 Å². The molecule has 1 fully saturated rings. The molecule has 1 heterocycles. The molecule has 0 bridgehead atoms. The standard InChI is InChI=1S/C26H32N2O10/c1-11(30)28-16-7-4-12-8-18(37-26-23(34)22(33)21(32)19(10-29)38-26)24(35-2)25(36-3)20(12)13-5-6-15(27)17(31)9-14(13)16/h5-6,8-9,16,19,21-23,26,29,32-34H,4,7,10H2,1-3H3,(H2,27,31)(H,28,30). The van der Waals surface area contributed by atoms with Crippen LogP contribution in [0, 0.1) is 0 Å². The molecule has 0 aromatic heterocycles. The summed E-state index contributed by atoms with van der Waals surface area (Å²) in [7, 11) is 2.82. The van der Waals surface area contributed by atoms with Crippen molar-refractivity contribution in [2.24, 2.45) is 0 Å². The zero-order valence-electron chi connectivity index (χ0n) is 21.2. The van der Waals surface area contributed by atoms with Crippen molar-refractivity contribution >= 4 is 11.6 Å². The SMILES string of the molecule is COc1c(OC2OC(CO)C(O)C(O)C2O)cc2c(c1OC)-c1ccc(N)c(=O)cc1C(NC(C)=O)CC2. The van der Waals surface area contributed by atoms with Gasteiger partial charge in [0.15, 0.2) is 11.5 Å². The molecule has 0 radical (unpaired) electrons. The van der Waals surface area contributed by atoms with Crippen molar-refractivity contribution < 1.29 is 44.2 Å². The molecule has 0 spiro atoms. The van der Waals surface area contributed by atoms with Crippen LogP contribution in [0.5, 0.6) is 17.2 Å². The lowest BCUT2D eigenvalue weighted by atomic mass is 9.95. The van der Waals surface area contributed by atoms with Gasteiger partial charge in [0.1, 0.15) is 24.4 Å². The molecule has 7 N–H and O–H groups in total. The molecule has 38 heavy (non-hydrogen) atoms. The number of hydrogen-bond acceptors (Lipinski definition) is 11. The van der Waals surface area contributed by atoms with Gasteiger partial charge in [-0.1, -0.05) is 6.07 Å². The average Bonchev–Trinajstić information content (AvgIpc) is 3.12. The molecule has 4 rings (SSSR count). The highest BCUT2D eigenvalue weighted by molar-refractivity contribution is 5.83. The first kappa shape index (κ1) is 27.6. The van der Waals surface area contributed by atoms with E-state index in [4.69, 9.17) is 24.7 Å². The monoisotopic (exact) mass is 532 g/mol. The van der Waals surface area contributed by atoms with Gasteiger partial charge in [0.05, 0.1) is 32.6 Å². The summed E-state index contributed by atoms with van der Waals surface area (Å²) in [6.45, 7) is 0.780. The van der Waals surface area contributed by atoms with E-state index in [2.05, 4.69) is 5.32 Å². The quantitative estimate of drug-likeness (QED) is 0.284. The third-order valence-corrected chi connectivity index (χ3v) is 6.82. The maximum atomic E-state index is 12.6. The number of hydrogen-bond donors (Lipinski definition) is 6. The van der Waals surface area contributed by atoms with Gasteiger partial charge < -0.3 is 50.4 Å². The summed E-state index contributed by atoms with van der Waals surface area (Å²) in [6, 6.07) is 5.74. The van der Waals surface area contributed by atoms with E-state index in [-0.39, 0.29) is 28.8 Å². The van der Waals surface area contributed by atoms with Crippen molar-refractivity contribution in [3.63, 3.8) is 0 Å². The van der Waals surface area contributed by atoms with Gasteiger partial charge in [-0.2, -0.15) is 0 Å². The molecule has 6 atom stereocenters. The zero-order chi connectivity index (χ0) is 27.7. The maximum Gasteiger partial charge on any atom is 0.229 e. The van der Waals surface area contributed by atoms with Crippen molar-refractivity contribution in [1.82, 2.24) is 5.32 Å². The predicted octanol–water partition coefficient (Wildman–Crippen LogP) is -0.385.